The van der Waals surface area contributed by atoms with E-state index in [2.05, 4.69) is 6.92 Å². The second-order valence-electron chi connectivity index (χ2n) is 6.08. The molecule has 1 heterocycles. The van der Waals surface area contributed by atoms with Gasteiger partial charge in [0, 0.05) is 6.54 Å². The molecule has 0 bridgehead atoms. The van der Waals surface area contributed by atoms with Crippen molar-refractivity contribution in [2.75, 3.05) is 13.2 Å². The summed E-state index contributed by atoms with van der Waals surface area (Å²) in [6, 6.07) is -0.508. The minimum atomic E-state index is -0.559. The van der Waals surface area contributed by atoms with Gasteiger partial charge in [-0.1, -0.05) is 6.92 Å². The molecule has 0 radical (unpaired) electrons. The monoisotopic (exact) mass is 271 g/mol. The Labute approximate surface area is 115 Å². The number of piperidine rings is 1. The lowest BCUT2D eigenvalue weighted by Crippen LogP contribution is -2.52. The van der Waals surface area contributed by atoms with E-state index < -0.39 is 17.7 Å². The van der Waals surface area contributed by atoms with Crippen LogP contribution in [0.3, 0.4) is 0 Å². The summed E-state index contributed by atoms with van der Waals surface area (Å²) < 4.78 is 10.4. The summed E-state index contributed by atoms with van der Waals surface area (Å²) in [5.74, 6) is 0.0402. The molecule has 0 saturated carbocycles. The zero-order chi connectivity index (χ0) is 14.6. The van der Waals surface area contributed by atoms with E-state index in [1.165, 1.54) is 4.90 Å². The molecule has 0 aromatic carbocycles. The Morgan fingerprint density at radius 2 is 1.89 bits per heavy atom. The van der Waals surface area contributed by atoms with Crippen molar-refractivity contribution in [3.8, 4) is 0 Å². The lowest BCUT2D eigenvalue weighted by molar-refractivity contribution is -0.151. The molecule has 0 aromatic heterocycles. The highest BCUT2D eigenvalue weighted by Gasteiger charge is 2.37. The highest BCUT2D eigenvalue weighted by Crippen LogP contribution is 2.24. The summed E-state index contributed by atoms with van der Waals surface area (Å²) in [5, 5.41) is 0. The zero-order valence-corrected chi connectivity index (χ0v) is 12.6. The average molecular weight is 271 g/mol. The zero-order valence-electron chi connectivity index (χ0n) is 12.6. The highest BCUT2D eigenvalue weighted by atomic mass is 16.6. The van der Waals surface area contributed by atoms with Crippen LogP contribution in [0.4, 0.5) is 4.79 Å². The molecule has 1 unspecified atom stereocenters. The van der Waals surface area contributed by atoms with E-state index in [1.54, 1.807) is 6.92 Å². The van der Waals surface area contributed by atoms with Gasteiger partial charge in [-0.15, -0.1) is 0 Å². The number of esters is 1. The van der Waals surface area contributed by atoms with E-state index in [4.69, 9.17) is 9.47 Å². The van der Waals surface area contributed by atoms with Gasteiger partial charge in [-0.3, -0.25) is 4.90 Å². The molecule has 2 atom stereocenters. The van der Waals surface area contributed by atoms with Gasteiger partial charge < -0.3 is 9.47 Å². The SMILES string of the molecule is CCOC(=O)[C@@H]1CCC(C)CN1C(=O)OC(C)(C)C. The molecule has 1 rings (SSSR count). The summed E-state index contributed by atoms with van der Waals surface area (Å²) in [6.07, 6.45) is 1.12. The summed E-state index contributed by atoms with van der Waals surface area (Å²) >= 11 is 0. The van der Waals surface area contributed by atoms with Crippen LogP contribution in [0.2, 0.25) is 0 Å². The predicted octanol–water partition coefficient (Wildman–Crippen LogP) is 2.59. The van der Waals surface area contributed by atoms with Gasteiger partial charge in [0.25, 0.3) is 0 Å². The maximum Gasteiger partial charge on any atom is 0.411 e. The molecule has 1 amide bonds. The minimum Gasteiger partial charge on any atom is -0.464 e. The van der Waals surface area contributed by atoms with E-state index in [0.717, 1.165) is 6.42 Å². The van der Waals surface area contributed by atoms with Crippen molar-refractivity contribution in [3.63, 3.8) is 0 Å². The largest absolute Gasteiger partial charge is 0.464 e. The topological polar surface area (TPSA) is 55.8 Å². The number of carbonyl (C=O) groups is 2. The number of likely N-dealkylation sites (tertiary alicyclic amines) is 1. The molecule has 110 valence electrons. The first-order chi connectivity index (χ1) is 8.74. The van der Waals surface area contributed by atoms with E-state index >= 15 is 0 Å². The predicted molar refractivity (Wildman–Crippen MR) is 71.8 cm³/mol. The fourth-order valence-corrected chi connectivity index (χ4v) is 2.16. The first-order valence-electron chi connectivity index (χ1n) is 6.91. The molecule has 1 aliphatic rings. The summed E-state index contributed by atoms with van der Waals surface area (Å²) in [5.41, 5.74) is -0.559. The molecule has 5 nitrogen and oxygen atoms in total. The molecule has 1 aliphatic heterocycles. The van der Waals surface area contributed by atoms with Gasteiger partial charge in [0.15, 0.2) is 0 Å². The van der Waals surface area contributed by atoms with Gasteiger partial charge in [-0.05, 0) is 46.5 Å². The Morgan fingerprint density at radius 3 is 2.42 bits per heavy atom. The third-order valence-electron chi connectivity index (χ3n) is 3.00. The minimum absolute atomic E-state index is 0.326. The molecular formula is C14H25NO4. The Hall–Kier alpha value is -1.26. The van der Waals surface area contributed by atoms with Gasteiger partial charge >= 0.3 is 12.1 Å². The Kier molecular flexibility index (Phi) is 5.20. The molecular weight excluding hydrogens is 246 g/mol. The van der Waals surface area contributed by atoms with Crippen molar-refractivity contribution in [1.29, 1.82) is 0 Å². The van der Waals surface area contributed by atoms with Crippen LogP contribution in [0, 0.1) is 5.92 Å². The van der Waals surface area contributed by atoms with Crippen molar-refractivity contribution < 1.29 is 19.1 Å². The van der Waals surface area contributed by atoms with E-state index in [9.17, 15) is 9.59 Å². The molecule has 0 aromatic rings. The van der Waals surface area contributed by atoms with Crippen molar-refractivity contribution in [1.82, 2.24) is 4.90 Å². The molecule has 0 aliphatic carbocycles. The Bertz CT molecular complexity index is 335. The number of ether oxygens (including phenoxy) is 2. The van der Waals surface area contributed by atoms with Crippen molar-refractivity contribution >= 4 is 12.1 Å². The van der Waals surface area contributed by atoms with E-state index in [1.807, 2.05) is 20.8 Å². The Morgan fingerprint density at radius 1 is 1.26 bits per heavy atom. The molecule has 1 fully saturated rings. The number of hydrogen-bond donors (Lipinski definition) is 0. The fraction of sp³-hybridized carbons (Fsp3) is 0.857. The second kappa shape index (κ2) is 6.26. The first-order valence-corrected chi connectivity index (χ1v) is 6.91. The normalized spacial score (nSPS) is 23.9. The third kappa shape index (κ3) is 4.73. The molecule has 0 spiro atoms. The van der Waals surface area contributed by atoms with Crippen LogP contribution in [0.25, 0.3) is 0 Å². The smallest absolute Gasteiger partial charge is 0.411 e. The third-order valence-corrected chi connectivity index (χ3v) is 3.00. The van der Waals surface area contributed by atoms with Gasteiger partial charge in [0.05, 0.1) is 6.61 Å². The van der Waals surface area contributed by atoms with Crippen LogP contribution in [0.1, 0.15) is 47.5 Å². The molecule has 0 N–H and O–H groups in total. The van der Waals surface area contributed by atoms with Gasteiger partial charge in [-0.2, -0.15) is 0 Å². The fourth-order valence-electron chi connectivity index (χ4n) is 2.16. The Balaban J connectivity index is 2.78. The molecule has 1 saturated heterocycles. The number of hydrogen-bond acceptors (Lipinski definition) is 4. The van der Waals surface area contributed by atoms with Gasteiger partial charge in [0.2, 0.25) is 0 Å². The molecule has 5 heteroatoms. The second-order valence-corrected chi connectivity index (χ2v) is 6.08. The summed E-state index contributed by atoms with van der Waals surface area (Å²) in [7, 11) is 0. The number of amides is 1. The van der Waals surface area contributed by atoms with Crippen molar-refractivity contribution in [2.45, 2.75) is 59.1 Å². The molecule has 19 heavy (non-hydrogen) atoms. The van der Waals surface area contributed by atoms with Crippen LogP contribution in [0.5, 0.6) is 0 Å². The lowest BCUT2D eigenvalue weighted by Gasteiger charge is -2.37. The number of rotatable bonds is 2. The van der Waals surface area contributed by atoms with E-state index in [0.29, 0.717) is 25.5 Å². The first kappa shape index (κ1) is 15.8. The highest BCUT2D eigenvalue weighted by molar-refractivity contribution is 5.81. The maximum atomic E-state index is 12.2. The maximum absolute atomic E-state index is 12.2. The van der Waals surface area contributed by atoms with Crippen molar-refractivity contribution in [3.05, 3.63) is 0 Å². The lowest BCUT2D eigenvalue weighted by atomic mass is 9.94. The number of carbonyl (C=O) groups excluding carboxylic acids is 2. The van der Waals surface area contributed by atoms with Crippen LogP contribution in [0.15, 0.2) is 0 Å². The standard InChI is InChI=1S/C14H25NO4/c1-6-18-12(16)11-8-7-10(2)9-15(11)13(17)19-14(3,4)5/h10-11H,6-9H2,1-5H3/t10?,11-/m0/s1. The summed E-state index contributed by atoms with van der Waals surface area (Å²) in [6.45, 7) is 10.2. The quantitative estimate of drug-likeness (QED) is 0.724. The van der Waals surface area contributed by atoms with Crippen LogP contribution >= 0.6 is 0 Å². The average Bonchev–Trinajstić information content (AvgIpc) is 2.26. The van der Waals surface area contributed by atoms with Crippen LogP contribution < -0.4 is 0 Å². The van der Waals surface area contributed by atoms with Gasteiger partial charge in [0.1, 0.15) is 11.6 Å². The van der Waals surface area contributed by atoms with Crippen LogP contribution in [-0.4, -0.2) is 41.8 Å². The van der Waals surface area contributed by atoms with E-state index in [-0.39, 0.29) is 5.97 Å². The summed E-state index contributed by atoms with van der Waals surface area (Å²) in [4.78, 5) is 25.6. The number of nitrogens with zero attached hydrogens (tertiary/aromatic N) is 1. The van der Waals surface area contributed by atoms with Crippen LogP contribution in [-0.2, 0) is 14.3 Å². The van der Waals surface area contributed by atoms with Gasteiger partial charge in [-0.25, -0.2) is 9.59 Å². The van der Waals surface area contributed by atoms with Crippen molar-refractivity contribution in [2.24, 2.45) is 5.92 Å².